The number of methoxy groups -OCH3 is 1. The maximum absolute atomic E-state index is 14.1. The smallest absolute Gasteiger partial charge is 0.261 e. The number of rotatable bonds is 4. The van der Waals surface area contributed by atoms with Gasteiger partial charge in [-0.05, 0) is 29.8 Å². The topological polar surface area (TPSA) is 59.9 Å². The highest BCUT2D eigenvalue weighted by Crippen LogP contribution is 2.21. The molecule has 0 fully saturated rings. The minimum atomic E-state index is -0.643. The molecule has 0 saturated heterocycles. The van der Waals surface area contributed by atoms with Crippen LogP contribution in [0.15, 0.2) is 65.7 Å². The van der Waals surface area contributed by atoms with Crippen LogP contribution in [0.4, 0.5) is 4.39 Å². The molecule has 0 saturated carbocycles. The molecule has 0 spiro atoms. The van der Waals surface area contributed by atoms with Crippen molar-refractivity contribution >= 4 is 10.9 Å². The number of aromatic nitrogens is 3. The van der Waals surface area contributed by atoms with Gasteiger partial charge < -0.3 is 14.3 Å². The van der Waals surface area contributed by atoms with Crippen molar-refractivity contribution in [3.05, 3.63) is 88.5 Å². The van der Waals surface area contributed by atoms with Crippen molar-refractivity contribution in [2.45, 2.75) is 6.42 Å². The second-order valence-corrected chi connectivity index (χ2v) is 5.95. The fourth-order valence-corrected chi connectivity index (χ4v) is 2.94. The highest BCUT2D eigenvalue weighted by molar-refractivity contribution is 5.79. The lowest BCUT2D eigenvalue weighted by Crippen LogP contribution is -2.13. The number of H-pyrrole nitrogens is 1. The summed E-state index contributed by atoms with van der Waals surface area (Å²) >= 11 is 0. The van der Waals surface area contributed by atoms with Crippen LogP contribution in [0.5, 0.6) is 5.75 Å². The number of benzene rings is 2. The average Bonchev–Trinajstić information content (AvgIpc) is 3.16. The van der Waals surface area contributed by atoms with Crippen LogP contribution < -0.4 is 10.3 Å². The molecule has 4 aromatic rings. The molecule has 4 rings (SSSR count). The van der Waals surface area contributed by atoms with E-state index in [0.717, 1.165) is 11.3 Å². The van der Waals surface area contributed by atoms with Crippen LogP contribution in [0.2, 0.25) is 0 Å². The molecule has 2 aromatic heterocycles. The zero-order chi connectivity index (χ0) is 18.1. The van der Waals surface area contributed by atoms with Crippen molar-refractivity contribution in [3.8, 4) is 11.4 Å². The molecule has 130 valence electrons. The van der Waals surface area contributed by atoms with E-state index < -0.39 is 11.4 Å². The molecule has 0 bridgehead atoms. The van der Waals surface area contributed by atoms with Crippen molar-refractivity contribution in [3.63, 3.8) is 0 Å². The number of aromatic amines is 1. The van der Waals surface area contributed by atoms with E-state index in [4.69, 9.17) is 4.74 Å². The molecule has 26 heavy (non-hydrogen) atoms. The van der Waals surface area contributed by atoms with Crippen molar-refractivity contribution in [2.24, 2.45) is 0 Å². The first-order valence-corrected chi connectivity index (χ1v) is 8.13. The van der Waals surface area contributed by atoms with Crippen LogP contribution in [-0.4, -0.2) is 21.6 Å². The van der Waals surface area contributed by atoms with Crippen LogP contribution >= 0.6 is 0 Å². The molecule has 0 atom stereocenters. The van der Waals surface area contributed by atoms with Crippen molar-refractivity contribution in [1.82, 2.24) is 14.5 Å². The Morgan fingerprint density at radius 2 is 1.88 bits per heavy atom. The first-order chi connectivity index (χ1) is 12.6. The summed E-state index contributed by atoms with van der Waals surface area (Å²) in [5.74, 6) is 0.162. The summed E-state index contributed by atoms with van der Waals surface area (Å²) < 4.78 is 21.2. The van der Waals surface area contributed by atoms with Gasteiger partial charge in [0.2, 0.25) is 0 Å². The summed E-state index contributed by atoms with van der Waals surface area (Å²) in [5, 5.41) is -0.0579. The third kappa shape index (κ3) is 2.97. The van der Waals surface area contributed by atoms with Crippen molar-refractivity contribution in [1.29, 1.82) is 0 Å². The number of halogens is 1. The van der Waals surface area contributed by atoms with Gasteiger partial charge in [0.05, 0.1) is 12.6 Å². The zero-order valence-electron chi connectivity index (χ0n) is 14.1. The predicted molar refractivity (Wildman–Crippen MR) is 97.4 cm³/mol. The molecule has 1 N–H and O–H groups in total. The summed E-state index contributed by atoms with van der Waals surface area (Å²) in [6, 6.07) is 14.6. The van der Waals surface area contributed by atoms with Gasteiger partial charge in [-0.25, -0.2) is 9.37 Å². The number of nitrogens with one attached hydrogen (secondary N) is 1. The first-order valence-electron chi connectivity index (χ1n) is 8.13. The normalized spacial score (nSPS) is 11.0. The Balaban J connectivity index is 1.68. The summed E-state index contributed by atoms with van der Waals surface area (Å²) in [6.45, 7) is 0. The Kier molecular flexibility index (Phi) is 4.01. The fourth-order valence-electron chi connectivity index (χ4n) is 2.94. The standard InChI is InChI=1S/C20H16FN3O2/c1-26-15-11-16(21)19-17(12-15)22-18(23-20(19)25)10-13-4-6-14(7-5-13)24-8-2-3-9-24/h2-9,11-12H,10H2,1H3,(H,22,23,25). The molecule has 0 aliphatic rings. The van der Waals surface area contributed by atoms with Gasteiger partial charge in [0.15, 0.2) is 0 Å². The molecule has 2 heterocycles. The van der Waals surface area contributed by atoms with E-state index in [-0.39, 0.29) is 10.9 Å². The quantitative estimate of drug-likeness (QED) is 0.614. The Bertz CT molecular complexity index is 1120. The third-order valence-electron chi connectivity index (χ3n) is 4.23. The largest absolute Gasteiger partial charge is 0.497 e. The van der Waals surface area contributed by atoms with Crippen LogP contribution in [0.25, 0.3) is 16.6 Å². The Morgan fingerprint density at radius 1 is 1.15 bits per heavy atom. The zero-order valence-corrected chi connectivity index (χ0v) is 14.1. The second-order valence-electron chi connectivity index (χ2n) is 5.95. The molecule has 0 unspecified atom stereocenters. The molecular weight excluding hydrogens is 333 g/mol. The minimum Gasteiger partial charge on any atom is -0.497 e. The summed E-state index contributed by atoms with van der Waals surface area (Å²) in [6.07, 6.45) is 4.38. The van der Waals surface area contributed by atoms with E-state index in [0.29, 0.717) is 18.0 Å². The van der Waals surface area contributed by atoms with Gasteiger partial charge >= 0.3 is 0 Å². The van der Waals surface area contributed by atoms with Gasteiger partial charge in [-0.1, -0.05) is 12.1 Å². The van der Waals surface area contributed by atoms with Gasteiger partial charge in [-0.2, -0.15) is 0 Å². The van der Waals surface area contributed by atoms with E-state index in [1.54, 1.807) is 6.07 Å². The van der Waals surface area contributed by atoms with Crippen molar-refractivity contribution in [2.75, 3.05) is 7.11 Å². The van der Waals surface area contributed by atoms with Crippen LogP contribution in [0.1, 0.15) is 11.4 Å². The van der Waals surface area contributed by atoms with Crippen LogP contribution in [0, 0.1) is 5.82 Å². The Labute approximate surface area is 148 Å². The molecule has 5 nitrogen and oxygen atoms in total. The number of ether oxygens (including phenoxy) is 1. The van der Waals surface area contributed by atoms with E-state index in [1.807, 2.05) is 53.4 Å². The molecule has 2 aromatic carbocycles. The summed E-state index contributed by atoms with van der Waals surface area (Å²) in [7, 11) is 1.45. The van der Waals surface area contributed by atoms with Crippen molar-refractivity contribution < 1.29 is 9.13 Å². The van der Waals surface area contributed by atoms with E-state index in [2.05, 4.69) is 9.97 Å². The Hall–Kier alpha value is -3.41. The van der Waals surface area contributed by atoms with Gasteiger partial charge in [0.25, 0.3) is 5.56 Å². The lowest BCUT2D eigenvalue weighted by Gasteiger charge is -2.07. The minimum absolute atomic E-state index is 0.0579. The van der Waals surface area contributed by atoms with Gasteiger partial charge in [-0.3, -0.25) is 4.79 Å². The SMILES string of the molecule is COc1cc(F)c2c(=O)[nH]c(Cc3ccc(-n4cccc4)cc3)nc2c1. The molecule has 0 amide bonds. The van der Waals surface area contributed by atoms with Crippen LogP contribution in [0.3, 0.4) is 0 Å². The fraction of sp³-hybridized carbons (Fsp3) is 0.100. The lowest BCUT2D eigenvalue weighted by molar-refractivity contribution is 0.412. The molecule has 0 aliphatic heterocycles. The van der Waals surface area contributed by atoms with E-state index >= 15 is 0 Å². The highest BCUT2D eigenvalue weighted by atomic mass is 19.1. The van der Waals surface area contributed by atoms with E-state index in [9.17, 15) is 9.18 Å². The number of hydrogen-bond donors (Lipinski definition) is 1. The number of nitrogens with zero attached hydrogens (tertiary/aromatic N) is 2. The Morgan fingerprint density at radius 3 is 2.58 bits per heavy atom. The summed E-state index contributed by atoms with van der Waals surface area (Å²) in [5.41, 5.74) is 1.83. The third-order valence-corrected chi connectivity index (χ3v) is 4.23. The highest BCUT2D eigenvalue weighted by Gasteiger charge is 2.11. The average molecular weight is 349 g/mol. The first kappa shape index (κ1) is 16.1. The number of hydrogen-bond acceptors (Lipinski definition) is 3. The van der Waals surface area contributed by atoms with Gasteiger partial charge in [0, 0.05) is 36.6 Å². The maximum atomic E-state index is 14.1. The van der Waals surface area contributed by atoms with Gasteiger partial charge in [0.1, 0.15) is 22.8 Å². The molecular formula is C20H16FN3O2. The second kappa shape index (κ2) is 6.48. The molecule has 6 heteroatoms. The molecule has 0 radical (unpaired) electrons. The lowest BCUT2D eigenvalue weighted by atomic mass is 10.1. The molecule has 0 aliphatic carbocycles. The monoisotopic (exact) mass is 349 g/mol. The predicted octanol–water partition coefficient (Wildman–Crippen LogP) is 3.45. The number of fused-ring (bicyclic) bond motifs is 1. The van der Waals surface area contributed by atoms with E-state index in [1.165, 1.54) is 13.2 Å². The maximum Gasteiger partial charge on any atom is 0.261 e. The summed E-state index contributed by atoms with van der Waals surface area (Å²) in [4.78, 5) is 19.3. The van der Waals surface area contributed by atoms with Crippen LogP contribution in [-0.2, 0) is 6.42 Å². The van der Waals surface area contributed by atoms with Gasteiger partial charge in [-0.15, -0.1) is 0 Å².